The van der Waals surface area contributed by atoms with Crippen molar-refractivity contribution in [3.63, 3.8) is 0 Å². The number of aryl methyl sites for hydroxylation is 1. The van der Waals surface area contributed by atoms with Gasteiger partial charge in [-0.3, -0.25) is 0 Å². The predicted molar refractivity (Wildman–Crippen MR) is 68.6 cm³/mol. The summed E-state index contributed by atoms with van der Waals surface area (Å²) in [7, 11) is 0. The Balaban J connectivity index is 2.18. The number of nitrogens with zero attached hydrogens (tertiary/aromatic N) is 3. The summed E-state index contributed by atoms with van der Waals surface area (Å²) in [6.45, 7) is 1.96. The van der Waals surface area contributed by atoms with Crippen LogP contribution in [-0.4, -0.2) is 34.2 Å². The van der Waals surface area contributed by atoms with Crippen molar-refractivity contribution in [1.29, 1.82) is 0 Å². The highest BCUT2D eigenvalue weighted by molar-refractivity contribution is 6.16. The molecule has 0 unspecified atom stereocenters. The first-order valence-electron chi connectivity index (χ1n) is 5.86. The minimum Gasteiger partial charge on any atom is -0.374 e. The van der Waals surface area contributed by atoms with Crippen molar-refractivity contribution in [2.24, 2.45) is 0 Å². The number of hydrogen-bond acceptors (Lipinski definition) is 3. The number of imidazole rings is 1. The van der Waals surface area contributed by atoms with Crippen LogP contribution in [0.4, 0.5) is 8.78 Å². The zero-order chi connectivity index (χ0) is 13.8. The molecule has 2 rings (SSSR count). The Kier molecular flexibility index (Phi) is 4.66. The molecule has 0 bridgehead atoms. The van der Waals surface area contributed by atoms with Crippen molar-refractivity contribution >= 4 is 22.8 Å². The van der Waals surface area contributed by atoms with Crippen LogP contribution >= 0.6 is 11.6 Å². The average molecular weight is 290 g/mol. The highest BCUT2D eigenvalue weighted by Crippen LogP contribution is 2.18. The van der Waals surface area contributed by atoms with Gasteiger partial charge in [-0.15, -0.1) is 11.6 Å². The van der Waals surface area contributed by atoms with Crippen molar-refractivity contribution in [2.75, 3.05) is 13.2 Å². The van der Waals surface area contributed by atoms with E-state index < -0.39 is 13.0 Å². The summed E-state index contributed by atoms with van der Waals surface area (Å²) in [6.07, 6.45) is -0.763. The highest BCUT2D eigenvalue weighted by atomic mass is 35.5. The predicted octanol–water partition coefficient (Wildman–Crippen LogP) is 2.76. The zero-order valence-electron chi connectivity index (χ0n) is 10.4. The van der Waals surface area contributed by atoms with Gasteiger partial charge < -0.3 is 9.30 Å². The van der Waals surface area contributed by atoms with Crippen LogP contribution in [0.3, 0.4) is 0 Å². The van der Waals surface area contributed by atoms with Gasteiger partial charge in [0.05, 0.1) is 12.5 Å². The minimum atomic E-state index is -2.45. The first kappa shape index (κ1) is 14.1. The number of fused-ring (bicyclic) bond motifs is 1. The van der Waals surface area contributed by atoms with Crippen molar-refractivity contribution < 1.29 is 13.5 Å². The fourth-order valence-electron chi connectivity index (χ4n) is 1.85. The van der Waals surface area contributed by atoms with E-state index in [4.69, 9.17) is 16.3 Å². The number of ether oxygens (including phenoxy) is 1. The summed E-state index contributed by atoms with van der Waals surface area (Å²) in [4.78, 5) is 8.67. The largest absolute Gasteiger partial charge is 0.374 e. The van der Waals surface area contributed by atoms with Gasteiger partial charge in [-0.2, -0.15) is 0 Å². The van der Waals surface area contributed by atoms with Gasteiger partial charge in [0.15, 0.2) is 5.65 Å². The summed E-state index contributed by atoms with van der Waals surface area (Å²) in [6, 6.07) is 1.87. The molecule has 104 valence electrons. The minimum absolute atomic E-state index is 0.176. The topological polar surface area (TPSA) is 39.9 Å². The van der Waals surface area contributed by atoms with Crippen molar-refractivity contribution in [3.05, 3.63) is 23.7 Å². The number of alkyl halides is 3. The number of pyridine rings is 1. The molecular formula is C12H14ClF2N3O. The van der Waals surface area contributed by atoms with E-state index in [0.717, 1.165) is 11.1 Å². The van der Waals surface area contributed by atoms with Gasteiger partial charge >= 0.3 is 0 Å². The van der Waals surface area contributed by atoms with Crippen LogP contribution in [-0.2, 0) is 17.2 Å². The lowest BCUT2D eigenvalue weighted by molar-refractivity contribution is 0.0148. The Morgan fingerprint density at radius 2 is 2.26 bits per heavy atom. The van der Waals surface area contributed by atoms with Crippen LogP contribution in [0.2, 0.25) is 0 Å². The maximum atomic E-state index is 12.0. The summed E-state index contributed by atoms with van der Waals surface area (Å²) in [5.74, 6) is 0.907. The number of aromatic nitrogens is 3. The molecule has 0 aliphatic carbocycles. The third kappa shape index (κ3) is 3.19. The Morgan fingerprint density at radius 3 is 2.95 bits per heavy atom. The van der Waals surface area contributed by atoms with E-state index in [1.807, 2.05) is 13.0 Å². The van der Waals surface area contributed by atoms with Crippen LogP contribution in [0.25, 0.3) is 11.2 Å². The monoisotopic (exact) mass is 289 g/mol. The normalized spacial score (nSPS) is 11.6. The summed E-state index contributed by atoms with van der Waals surface area (Å²) < 4.78 is 30.6. The molecule has 7 heteroatoms. The second kappa shape index (κ2) is 6.25. The molecule has 0 fully saturated rings. The average Bonchev–Trinajstić information content (AvgIpc) is 2.74. The number of halogens is 3. The maximum absolute atomic E-state index is 12.0. The van der Waals surface area contributed by atoms with Gasteiger partial charge in [0, 0.05) is 12.7 Å². The molecule has 0 saturated heterocycles. The van der Waals surface area contributed by atoms with Gasteiger partial charge in [0.1, 0.15) is 17.9 Å². The van der Waals surface area contributed by atoms with E-state index in [2.05, 4.69) is 9.97 Å². The van der Waals surface area contributed by atoms with Crippen LogP contribution in [0.15, 0.2) is 12.3 Å². The van der Waals surface area contributed by atoms with Gasteiger partial charge in [-0.1, -0.05) is 0 Å². The highest BCUT2D eigenvalue weighted by Gasteiger charge is 2.12. The van der Waals surface area contributed by atoms with Crippen molar-refractivity contribution in [2.45, 2.75) is 25.8 Å². The maximum Gasteiger partial charge on any atom is 0.261 e. The van der Waals surface area contributed by atoms with Crippen LogP contribution < -0.4 is 0 Å². The molecule has 0 aromatic carbocycles. The standard InChI is InChI=1S/C12H14ClF2N3O/c1-8-2-3-16-12-11(8)17-10(6-13)18(12)4-5-19-7-9(14)15/h2-3,9H,4-7H2,1H3. The van der Waals surface area contributed by atoms with Crippen LogP contribution in [0.1, 0.15) is 11.4 Å². The van der Waals surface area contributed by atoms with E-state index in [9.17, 15) is 8.78 Å². The second-order valence-corrected chi connectivity index (χ2v) is 4.35. The van der Waals surface area contributed by atoms with E-state index >= 15 is 0 Å². The van der Waals surface area contributed by atoms with Gasteiger partial charge in [-0.05, 0) is 18.6 Å². The van der Waals surface area contributed by atoms with Crippen molar-refractivity contribution in [3.8, 4) is 0 Å². The van der Waals surface area contributed by atoms with Crippen LogP contribution in [0.5, 0.6) is 0 Å². The Labute approximate surface area is 114 Å². The molecule has 0 atom stereocenters. The van der Waals surface area contributed by atoms with E-state index in [0.29, 0.717) is 18.0 Å². The van der Waals surface area contributed by atoms with E-state index in [-0.39, 0.29) is 12.5 Å². The molecule has 0 saturated carbocycles. The quantitative estimate of drug-likeness (QED) is 0.606. The molecular weight excluding hydrogens is 276 g/mol. The third-order valence-corrected chi connectivity index (χ3v) is 2.98. The molecule has 2 heterocycles. The second-order valence-electron chi connectivity index (χ2n) is 4.08. The summed E-state index contributed by atoms with van der Waals surface area (Å²) in [5, 5.41) is 0. The molecule has 2 aromatic rings. The lowest BCUT2D eigenvalue weighted by Gasteiger charge is -2.07. The van der Waals surface area contributed by atoms with E-state index in [1.165, 1.54) is 0 Å². The number of rotatable bonds is 6. The van der Waals surface area contributed by atoms with Gasteiger partial charge in [0.2, 0.25) is 0 Å². The molecule has 4 nitrogen and oxygen atoms in total. The Morgan fingerprint density at radius 1 is 1.47 bits per heavy atom. The fraction of sp³-hybridized carbons (Fsp3) is 0.500. The zero-order valence-corrected chi connectivity index (χ0v) is 11.2. The lowest BCUT2D eigenvalue weighted by Crippen LogP contribution is -2.12. The first-order valence-corrected chi connectivity index (χ1v) is 6.39. The Hall–Kier alpha value is -1.27. The molecule has 2 aromatic heterocycles. The molecule has 0 spiro atoms. The first-order chi connectivity index (χ1) is 9.13. The summed E-state index contributed by atoms with van der Waals surface area (Å²) >= 11 is 5.85. The number of hydrogen-bond donors (Lipinski definition) is 0. The molecule has 0 radical (unpaired) electrons. The fourth-order valence-corrected chi connectivity index (χ4v) is 2.05. The Bertz CT molecular complexity index is 559. The molecule has 0 aliphatic heterocycles. The van der Waals surface area contributed by atoms with Gasteiger partial charge in [-0.25, -0.2) is 18.7 Å². The van der Waals surface area contributed by atoms with E-state index in [1.54, 1.807) is 10.8 Å². The third-order valence-electron chi connectivity index (χ3n) is 2.74. The smallest absolute Gasteiger partial charge is 0.261 e. The van der Waals surface area contributed by atoms with Crippen LogP contribution in [0, 0.1) is 6.92 Å². The van der Waals surface area contributed by atoms with Crippen molar-refractivity contribution in [1.82, 2.24) is 14.5 Å². The molecule has 19 heavy (non-hydrogen) atoms. The molecule has 0 amide bonds. The summed E-state index contributed by atoms with van der Waals surface area (Å²) in [5.41, 5.74) is 2.49. The lowest BCUT2D eigenvalue weighted by atomic mass is 10.3. The molecule has 0 N–H and O–H groups in total. The van der Waals surface area contributed by atoms with Gasteiger partial charge in [0.25, 0.3) is 6.43 Å². The SMILES string of the molecule is Cc1ccnc2c1nc(CCl)n2CCOCC(F)F. The molecule has 0 aliphatic rings.